The molecule has 0 fully saturated rings. The number of hydrogen-bond acceptors (Lipinski definition) is 5. The van der Waals surface area contributed by atoms with Gasteiger partial charge in [-0.1, -0.05) is 30.3 Å². The second-order valence-electron chi connectivity index (χ2n) is 4.37. The smallest absolute Gasteiger partial charge is 0.428 e. The lowest BCUT2D eigenvalue weighted by atomic mass is 10.1. The van der Waals surface area contributed by atoms with Crippen LogP contribution < -0.4 is 5.48 Å². The summed E-state index contributed by atoms with van der Waals surface area (Å²) >= 11 is 0. The highest BCUT2D eigenvalue weighted by Gasteiger charge is 2.22. The summed E-state index contributed by atoms with van der Waals surface area (Å²) < 4.78 is 4.96. The van der Waals surface area contributed by atoms with Crippen LogP contribution in [0.4, 0.5) is 4.79 Å². The Labute approximate surface area is 118 Å². The largest absolute Gasteiger partial charge is 0.465 e. The second-order valence-corrected chi connectivity index (χ2v) is 4.37. The molecule has 0 spiro atoms. The van der Waals surface area contributed by atoms with Gasteiger partial charge in [0.05, 0.1) is 6.61 Å². The van der Waals surface area contributed by atoms with Crippen LogP contribution in [0.2, 0.25) is 0 Å². The highest BCUT2D eigenvalue weighted by atomic mass is 16.7. The molecule has 0 aliphatic rings. The molecule has 0 heterocycles. The number of carbonyl (C=O) groups excluding carboxylic acids is 2. The summed E-state index contributed by atoms with van der Waals surface area (Å²) in [6.45, 7) is 2.00. The normalized spacial score (nSPS) is 11.6. The summed E-state index contributed by atoms with van der Waals surface area (Å²) in [5.74, 6) is -0.456. The van der Waals surface area contributed by atoms with Gasteiger partial charge in [0.2, 0.25) is 0 Å². The Balaban J connectivity index is 2.65. The topological polar surface area (TPSA) is 67.9 Å². The Kier molecular flexibility index (Phi) is 6.52. The maximum absolute atomic E-state index is 11.8. The molecule has 6 heteroatoms. The fourth-order valence-electron chi connectivity index (χ4n) is 1.48. The molecule has 0 bridgehead atoms. The van der Waals surface area contributed by atoms with Crippen LogP contribution in [-0.2, 0) is 20.8 Å². The zero-order valence-electron chi connectivity index (χ0n) is 12.0. The second kappa shape index (κ2) is 8.16. The van der Waals surface area contributed by atoms with E-state index in [2.05, 4.69) is 5.48 Å². The quantitative estimate of drug-likeness (QED) is 0.629. The standard InChI is InChI=1S/C14H20N2O4/c1-4-19-13(17)12(15-20-14(18)16(2)3)10-11-8-6-5-7-9-11/h5-9,12,15H,4,10H2,1-3H3/t12-/m0/s1. The predicted molar refractivity (Wildman–Crippen MR) is 73.9 cm³/mol. The maximum Gasteiger partial charge on any atom is 0.428 e. The minimum absolute atomic E-state index is 0.271. The zero-order valence-corrected chi connectivity index (χ0v) is 12.0. The lowest BCUT2D eigenvalue weighted by molar-refractivity contribution is -0.148. The van der Waals surface area contributed by atoms with Gasteiger partial charge >= 0.3 is 12.1 Å². The van der Waals surface area contributed by atoms with Gasteiger partial charge in [0.25, 0.3) is 0 Å². The number of ether oxygens (including phenoxy) is 1. The van der Waals surface area contributed by atoms with Crippen LogP contribution >= 0.6 is 0 Å². The van der Waals surface area contributed by atoms with Gasteiger partial charge < -0.3 is 14.5 Å². The molecular formula is C14H20N2O4. The van der Waals surface area contributed by atoms with Gasteiger partial charge in [-0.05, 0) is 12.5 Å². The third-order valence-corrected chi connectivity index (χ3v) is 2.51. The van der Waals surface area contributed by atoms with E-state index in [-0.39, 0.29) is 6.61 Å². The SMILES string of the molecule is CCOC(=O)[C@H](Cc1ccccc1)NOC(=O)N(C)C. The van der Waals surface area contributed by atoms with Gasteiger partial charge in [0.15, 0.2) is 0 Å². The number of nitrogens with one attached hydrogen (secondary N) is 1. The molecule has 0 aliphatic heterocycles. The molecule has 20 heavy (non-hydrogen) atoms. The van der Waals surface area contributed by atoms with Crippen molar-refractivity contribution >= 4 is 12.1 Å². The highest BCUT2D eigenvalue weighted by Crippen LogP contribution is 2.05. The van der Waals surface area contributed by atoms with Crippen molar-refractivity contribution in [2.75, 3.05) is 20.7 Å². The maximum atomic E-state index is 11.8. The van der Waals surface area contributed by atoms with Gasteiger partial charge in [-0.2, -0.15) is 0 Å². The van der Waals surface area contributed by atoms with E-state index < -0.39 is 18.1 Å². The summed E-state index contributed by atoms with van der Waals surface area (Å²) in [4.78, 5) is 29.3. The molecule has 1 atom stereocenters. The number of carbonyl (C=O) groups is 2. The average molecular weight is 280 g/mol. The van der Waals surface area contributed by atoms with Gasteiger partial charge in [-0.3, -0.25) is 4.79 Å². The lowest BCUT2D eigenvalue weighted by Gasteiger charge is -2.18. The van der Waals surface area contributed by atoms with Crippen molar-refractivity contribution in [1.82, 2.24) is 10.4 Å². The first-order valence-electron chi connectivity index (χ1n) is 6.38. The molecule has 0 saturated carbocycles. The van der Waals surface area contributed by atoms with Crippen LogP contribution in [-0.4, -0.2) is 43.7 Å². The molecule has 1 N–H and O–H groups in total. The van der Waals surface area contributed by atoms with Crippen LogP contribution in [0.15, 0.2) is 30.3 Å². The monoisotopic (exact) mass is 280 g/mol. The number of hydrogen-bond donors (Lipinski definition) is 1. The molecule has 1 aromatic rings. The van der Waals surface area contributed by atoms with Crippen LogP contribution in [0.1, 0.15) is 12.5 Å². The number of rotatable bonds is 6. The lowest BCUT2D eigenvalue weighted by Crippen LogP contribution is -2.42. The van der Waals surface area contributed by atoms with Gasteiger partial charge in [0, 0.05) is 20.5 Å². The first-order chi connectivity index (χ1) is 9.54. The Morgan fingerprint density at radius 3 is 2.45 bits per heavy atom. The summed E-state index contributed by atoms with van der Waals surface area (Å²) in [6, 6.07) is 8.69. The summed E-state index contributed by atoms with van der Waals surface area (Å²) in [5, 5.41) is 0. The van der Waals surface area contributed by atoms with Crippen molar-refractivity contribution in [2.45, 2.75) is 19.4 Å². The first kappa shape index (κ1) is 16.0. The van der Waals surface area contributed by atoms with Crippen LogP contribution in [0.3, 0.4) is 0 Å². The van der Waals surface area contributed by atoms with E-state index in [0.717, 1.165) is 5.56 Å². The molecule has 0 aliphatic carbocycles. The van der Waals surface area contributed by atoms with E-state index in [0.29, 0.717) is 6.42 Å². The Morgan fingerprint density at radius 2 is 1.90 bits per heavy atom. The molecule has 0 aromatic heterocycles. The van der Waals surface area contributed by atoms with Gasteiger partial charge in [0.1, 0.15) is 6.04 Å². The molecule has 1 aromatic carbocycles. The average Bonchev–Trinajstić information content (AvgIpc) is 2.44. The fourth-order valence-corrected chi connectivity index (χ4v) is 1.48. The Bertz CT molecular complexity index is 434. The molecule has 0 saturated heterocycles. The molecule has 0 radical (unpaired) electrons. The number of esters is 1. The molecular weight excluding hydrogens is 260 g/mol. The number of nitrogens with zero attached hydrogens (tertiary/aromatic N) is 1. The van der Waals surface area contributed by atoms with E-state index in [1.807, 2.05) is 30.3 Å². The molecule has 1 amide bonds. The zero-order chi connectivity index (χ0) is 15.0. The van der Waals surface area contributed by atoms with Gasteiger partial charge in [-0.25, -0.2) is 4.79 Å². The van der Waals surface area contributed by atoms with Crippen molar-refractivity contribution < 1.29 is 19.2 Å². The van der Waals surface area contributed by atoms with Crippen molar-refractivity contribution in [3.05, 3.63) is 35.9 Å². The molecule has 1 rings (SSSR count). The first-order valence-corrected chi connectivity index (χ1v) is 6.38. The third-order valence-electron chi connectivity index (χ3n) is 2.51. The predicted octanol–water partition coefficient (Wildman–Crippen LogP) is 1.36. The van der Waals surface area contributed by atoms with Crippen molar-refractivity contribution in [3.8, 4) is 0 Å². The summed E-state index contributed by atoms with van der Waals surface area (Å²) in [5.41, 5.74) is 3.41. The molecule has 110 valence electrons. The third kappa shape index (κ3) is 5.27. The van der Waals surface area contributed by atoms with E-state index in [1.54, 1.807) is 21.0 Å². The molecule has 6 nitrogen and oxygen atoms in total. The van der Waals surface area contributed by atoms with E-state index in [9.17, 15) is 9.59 Å². The van der Waals surface area contributed by atoms with E-state index in [4.69, 9.17) is 9.57 Å². The minimum Gasteiger partial charge on any atom is -0.465 e. The summed E-state index contributed by atoms with van der Waals surface area (Å²) in [7, 11) is 3.11. The number of hydroxylamine groups is 1. The van der Waals surface area contributed by atoms with Crippen molar-refractivity contribution in [2.24, 2.45) is 0 Å². The Hall–Kier alpha value is -2.08. The highest BCUT2D eigenvalue weighted by molar-refractivity contribution is 5.76. The fraction of sp³-hybridized carbons (Fsp3) is 0.429. The van der Waals surface area contributed by atoms with E-state index in [1.165, 1.54) is 4.90 Å². The molecule has 0 unspecified atom stereocenters. The van der Waals surface area contributed by atoms with Gasteiger partial charge in [-0.15, -0.1) is 5.48 Å². The number of amides is 1. The van der Waals surface area contributed by atoms with Crippen molar-refractivity contribution in [1.29, 1.82) is 0 Å². The minimum atomic E-state index is -0.735. The summed E-state index contributed by atoms with van der Waals surface area (Å²) in [6.07, 6.45) is -0.201. The van der Waals surface area contributed by atoms with Crippen LogP contribution in [0.5, 0.6) is 0 Å². The van der Waals surface area contributed by atoms with Crippen LogP contribution in [0, 0.1) is 0 Å². The number of benzene rings is 1. The van der Waals surface area contributed by atoms with Crippen molar-refractivity contribution in [3.63, 3.8) is 0 Å². The van der Waals surface area contributed by atoms with Crippen LogP contribution in [0.25, 0.3) is 0 Å². The van der Waals surface area contributed by atoms with E-state index >= 15 is 0 Å². The Morgan fingerprint density at radius 1 is 1.25 bits per heavy atom.